The highest BCUT2D eigenvalue weighted by Gasteiger charge is 2.24. The summed E-state index contributed by atoms with van der Waals surface area (Å²) in [6.45, 7) is 13.6. The predicted molar refractivity (Wildman–Crippen MR) is 268 cm³/mol. The number of rotatable bonds is 9. The highest BCUT2D eigenvalue weighted by molar-refractivity contribution is 6.20. The SMILES string of the molecule is CC(C)c1ccccc1N(c1ccccc1)c1ccc2cc3c(cc2c1)oc1c(C(C)C)c2c(cc13)oc1cc3cc(N(c4ccccc4)c4ccccc4C(C)C)ccc3cc12. The summed E-state index contributed by atoms with van der Waals surface area (Å²) in [4.78, 5) is 4.76. The maximum atomic E-state index is 6.98. The van der Waals surface area contributed by atoms with Crippen LogP contribution in [0, 0.1) is 0 Å². The average Bonchev–Trinajstić information content (AvgIpc) is 3.83. The van der Waals surface area contributed by atoms with E-state index in [1.54, 1.807) is 0 Å². The quantitative estimate of drug-likeness (QED) is 0.145. The Balaban J connectivity index is 1.05. The largest absolute Gasteiger partial charge is 0.456 e. The van der Waals surface area contributed by atoms with Gasteiger partial charge in [0, 0.05) is 61.2 Å². The van der Waals surface area contributed by atoms with E-state index in [-0.39, 0.29) is 5.92 Å². The van der Waals surface area contributed by atoms with E-state index < -0.39 is 0 Å². The molecule has 11 aromatic rings. The maximum absolute atomic E-state index is 6.98. The zero-order valence-corrected chi connectivity index (χ0v) is 36.7. The highest BCUT2D eigenvalue weighted by atomic mass is 16.3. The first-order valence-electron chi connectivity index (χ1n) is 22.3. The van der Waals surface area contributed by atoms with Crippen LogP contribution in [-0.4, -0.2) is 0 Å². The Morgan fingerprint density at radius 1 is 0.349 bits per heavy atom. The van der Waals surface area contributed by atoms with Crippen LogP contribution in [-0.2, 0) is 0 Å². The minimum absolute atomic E-state index is 0.192. The lowest BCUT2D eigenvalue weighted by atomic mass is 9.93. The van der Waals surface area contributed by atoms with Gasteiger partial charge in [-0.15, -0.1) is 0 Å². The fourth-order valence-corrected chi connectivity index (χ4v) is 9.86. The van der Waals surface area contributed by atoms with Gasteiger partial charge in [0.25, 0.3) is 0 Å². The second-order valence-corrected chi connectivity index (χ2v) is 17.9. The average molecular weight is 819 g/mol. The smallest absolute Gasteiger partial charge is 0.139 e. The number of hydrogen-bond acceptors (Lipinski definition) is 4. The van der Waals surface area contributed by atoms with Crippen molar-refractivity contribution in [3.63, 3.8) is 0 Å². The fraction of sp³-hybridized carbons (Fsp3) is 0.153. The van der Waals surface area contributed by atoms with Gasteiger partial charge >= 0.3 is 0 Å². The van der Waals surface area contributed by atoms with Gasteiger partial charge < -0.3 is 18.6 Å². The lowest BCUT2D eigenvalue weighted by molar-refractivity contribution is 0.655. The van der Waals surface area contributed by atoms with Crippen molar-refractivity contribution in [1.29, 1.82) is 0 Å². The van der Waals surface area contributed by atoms with Crippen molar-refractivity contribution in [2.24, 2.45) is 0 Å². The third-order valence-corrected chi connectivity index (χ3v) is 12.8. The number of para-hydroxylation sites is 4. The Bertz CT molecular complexity index is 3390. The second-order valence-electron chi connectivity index (χ2n) is 17.9. The van der Waals surface area contributed by atoms with Gasteiger partial charge in [-0.05, 0) is 141 Å². The van der Waals surface area contributed by atoms with Gasteiger partial charge in [-0.2, -0.15) is 0 Å². The molecule has 0 fully saturated rings. The number of fused-ring (bicyclic) bond motifs is 8. The summed E-state index contributed by atoms with van der Waals surface area (Å²) < 4.78 is 13.9. The van der Waals surface area contributed by atoms with Crippen molar-refractivity contribution < 1.29 is 8.83 Å². The third-order valence-electron chi connectivity index (χ3n) is 12.8. The van der Waals surface area contributed by atoms with Crippen molar-refractivity contribution in [2.75, 3.05) is 9.80 Å². The van der Waals surface area contributed by atoms with Gasteiger partial charge in [-0.25, -0.2) is 0 Å². The molecule has 2 heterocycles. The van der Waals surface area contributed by atoms with Crippen molar-refractivity contribution in [3.05, 3.63) is 193 Å². The highest BCUT2D eigenvalue weighted by Crippen LogP contribution is 2.47. The van der Waals surface area contributed by atoms with E-state index in [1.807, 2.05) is 0 Å². The first kappa shape index (κ1) is 38.6. The van der Waals surface area contributed by atoms with Gasteiger partial charge in [0.2, 0.25) is 0 Å². The van der Waals surface area contributed by atoms with Crippen LogP contribution in [0.3, 0.4) is 0 Å². The molecule has 0 bridgehead atoms. The first-order chi connectivity index (χ1) is 30.7. The van der Waals surface area contributed by atoms with Gasteiger partial charge in [0.1, 0.15) is 22.3 Å². The van der Waals surface area contributed by atoms with Gasteiger partial charge in [0.05, 0.1) is 0 Å². The Morgan fingerprint density at radius 2 is 0.825 bits per heavy atom. The van der Waals surface area contributed by atoms with E-state index in [4.69, 9.17) is 8.83 Å². The van der Waals surface area contributed by atoms with Crippen LogP contribution in [0.1, 0.15) is 76.0 Å². The maximum Gasteiger partial charge on any atom is 0.139 e. The van der Waals surface area contributed by atoms with Gasteiger partial charge in [-0.3, -0.25) is 0 Å². The second kappa shape index (κ2) is 15.3. The van der Waals surface area contributed by atoms with Crippen LogP contribution in [0.25, 0.3) is 65.4 Å². The Hall–Kier alpha value is -7.30. The molecule has 0 saturated heterocycles. The Morgan fingerprint density at radius 3 is 1.33 bits per heavy atom. The topological polar surface area (TPSA) is 32.8 Å². The molecule has 308 valence electrons. The van der Waals surface area contributed by atoms with E-state index in [0.717, 1.165) is 82.8 Å². The summed E-state index contributed by atoms with van der Waals surface area (Å²) in [5, 5.41) is 9.01. The van der Waals surface area contributed by atoms with Crippen molar-refractivity contribution in [3.8, 4) is 0 Å². The molecule has 0 N–H and O–H groups in total. The molecule has 0 aliphatic heterocycles. The molecule has 2 aromatic heterocycles. The van der Waals surface area contributed by atoms with Crippen LogP contribution in [0.5, 0.6) is 0 Å². The summed E-state index contributed by atoms with van der Waals surface area (Å²) >= 11 is 0. The normalized spacial score (nSPS) is 12.1. The molecular weight excluding hydrogens is 769 g/mol. The molecular formula is C59H50N2O2. The molecule has 0 amide bonds. The summed E-state index contributed by atoms with van der Waals surface area (Å²) in [7, 11) is 0. The summed E-state index contributed by atoms with van der Waals surface area (Å²) in [6, 6.07) is 63.7. The van der Waals surface area contributed by atoms with E-state index in [0.29, 0.717) is 11.8 Å². The third kappa shape index (κ3) is 6.52. The van der Waals surface area contributed by atoms with Crippen molar-refractivity contribution >= 4 is 99.5 Å². The lowest BCUT2D eigenvalue weighted by Crippen LogP contribution is -2.12. The molecule has 63 heavy (non-hydrogen) atoms. The van der Waals surface area contributed by atoms with Crippen LogP contribution >= 0.6 is 0 Å². The Kier molecular flexibility index (Phi) is 9.35. The van der Waals surface area contributed by atoms with Crippen LogP contribution in [0.15, 0.2) is 185 Å². The molecule has 4 heteroatoms. The monoisotopic (exact) mass is 818 g/mol. The first-order valence-corrected chi connectivity index (χ1v) is 22.3. The molecule has 0 atom stereocenters. The molecule has 0 saturated carbocycles. The summed E-state index contributed by atoms with van der Waals surface area (Å²) in [6.07, 6.45) is 0. The van der Waals surface area contributed by atoms with Crippen LogP contribution in [0.4, 0.5) is 34.1 Å². The molecule has 0 unspecified atom stereocenters. The fourth-order valence-electron chi connectivity index (χ4n) is 9.86. The minimum atomic E-state index is 0.192. The van der Waals surface area contributed by atoms with Crippen molar-refractivity contribution in [2.45, 2.75) is 59.3 Å². The molecule has 0 aliphatic carbocycles. The van der Waals surface area contributed by atoms with Crippen LogP contribution < -0.4 is 9.80 Å². The van der Waals surface area contributed by atoms with Crippen LogP contribution in [0.2, 0.25) is 0 Å². The minimum Gasteiger partial charge on any atom is -0.456 e. The van der Waals surface area contributed by atoms with E-state index in [9.17, 15) is 0 Å². The molecule has 9 aromatic carbocycles. The number of furan rings is 2. The zero-order valence-electron chi connectivity index (χ0n) is 36.7. The molecule has 4 nitrogen and oxygen atoms in total. The van der Waals surface area contributed by atoms with Crippen molar-refractivity contribution in [1.82, 2.24) is 0 Å². The van der Waals surface area contributed by atoms with E-state index >= 15 is 0 Å². The number of hydrogen-bond donors (Lipinski definition) is 0. The van der Waals surface area contributed by atoms with Gasteiger partial charge in [-0.1, -0.05) is 126 Å². The molecule has 0 spiro atoms. The molecule has 11 rings (SSSR count). The molecule has 0 radical (unpaired) electrons. The predicted octanol–water partition coefficient (Wildman–Crippen LogP) is 18.1. The number of anilines is 6. The number of benzene rings is 9. The van der Waals surface area contributed by atoms with E-state index in [2.05, 4.69) is 227 Å². The van der Waals surface area contributed by atoms with Gasteiger partial charge in [0.15, 0.2) is 0 Å². The Labute approximate surface area is 368 Å². The molecule has 0 aliphatic rings. The summed E-state index contributed by atoms with van der Waals surface area (Å²) in [5.74, 6) is 0.936. The standard InChI is InChI=1S/C59H50N2O2/c1-36(2)47-21-13-15-23-52(47)60(43-17-9-7-10-18-43)45-27-25-39-31-49-50-35-56-58(57(38(5)6)59(50)63-54(49)33-41(39)29-45)51-32-40-26-28-46(30-42(40)34-55(51)62-56)61(44-19-11-8-12-20-44)53-24-16-14-22-48(53)37(3)4/h7-38H,1-6H3. The lowest BCUT2D eigenvalue weighted by Gasteiger charge is -2.29. The zero-order chi connectivity index (χ0) is 42.9. The number of nitrogens with zero attached hydrogens (tertiary/aromatic N) is 2. The summed E-state index contributed by atoms with van der Waals surface area (Å²) in [5.41, 5.74) is 14.2. The van der Waals surface area contributed by atoms with E-state index in [1.165, 1.54) is 33.5 Å².